The third kappa shape index (κ3) is 3.41. The summed E-state index contributed by atoms with van der Waals surface area (Å²) in [6, 6.07) is 10.6. The van der Waals surface area contributed by atoms with Crippen molar-refractivity contribution in [1.29, 1.82) is 0 Å². The van der Waals surface area contributed by atoms with E-state index in [-0.39, 0.29) is 4.83 Å². The number of benzene rings is 2. The van der Waals surface area contributed by atoms with Crippen LogP contribution in [-0.4, -0.2) is 0 Å². The van der Waals surface area contributed by atoms with Gasteiger partial charge in [0.2, 0.25) is 0 Å². The highest BCUT2D eigenvalue weighted by Gasteiger charge is 2.15. The average Bonchev–Trinajstić information content (AvgIpc) is 2.36. The van der Waals surface area contributed by atoms with E-state index in [1.54, 1.807) is 13.0 Å². The van der Waals surface area contributed by atoms with Gasteiger partial charge in [-0.25, -0.2) is 8.78 Å². The van der Waals surface area contributed by atoms with Crippen molar-refractivity contribution in [2.45, 2.75) is 25.1 Å². The molecule has 100 valence electrons. The van der Waals surface area contributed by atoms with E-state index in [0.717, 1.165) is 11.6 Å². The quantitative estimate of drug-likeness (QED) is 0.675. The second kappa shape index (κ2) is 5.83. The molecule has 0 N–H and O–H groups in total. The highest BCUT2D eigenvalue weighted by molar-refractivity contribution is 9.09. The summed E-state index contributed by atoms with van der Waals surface area (Å²) in [4.78, 5) is -0.158. The summed E-state index contributed by atoms with van der Waals surface area (Å²) in [5.74, 6) is -1.01. The van der Waals surface area contributed by atoms with Gasteiger partial charge in [0.05, 0.1) is 0 Å². The molecule has 0 radical (unpaired) electrons. The fourth-order valence-electron chi connectivity index (χ4n) is 1.96. The first-order valence-electron chi connectivity index (χ1n) is 6.12. The molecule has 0 nitrogen and oxygen atoms in total. The summed E-state index contributed by atoms with van der Waals surface area (Å²) in [6.07, 6.45) is 0.669. The average molecular weight is 325 g/mol. The molecule has 0 aromatic heterocycles. The van der Waals surface area contributed by atoms with Crippen LogP contribution in [0.25, 0.3) is 0 Å². The van der Waals surface area contributed by atoms with Crippen molar-refractivity contribution in [3.05, 3.63) is 70.3 Å². The van der Waals surface area contributed by atoms with Gasteiger partial charge in [-0.1, -0.05) is 45.8 Å². The van der Waals surface area contributed by atoms with Crippen molar-refractivity contribution >= 4 is 15.9 Å². The molecule has 0 aliphatic heterocycles. The molecular formula is C16H15BrF2. The standard InChI is InChI=1S/C16H15BrF2/c1-10-3-5-12(6-4-10)8-14(17)13-7-11(2)15(18)9-16(13)19/h3-7,9,14H,8H2,1-2H3. The molecule has 1 atom stereocenters. The molecule has 0 bridgehead atoms. The number of alkyl halides is 1. The van der Waals surface area contributed by atoms with E-state index >= 15 is 0 Å². The van der Waals surface area contributed by atoms with Gasteiger partial charge in [0.25, 0.3) is 0 Å². The Kier molecular flexibility index (Phi) is 4.35. The highest BCUT2D eigenvalue weighted by Crippen LogP contribution is 2.30. The van der Waals surface area contributed by atoms with Crippen LogP contribution < -0.4 is 0 Å². The van der Waals surface area contributed by atoms with Gasteiger partial charge in [0, 0.05) is 16.5 Å². The molecule has 0 aliphatic carbocycles. The van der Waals surface area contributed by atoms with Crippen molar-refractivity contribution in [2.75, 3.05) is 0 Å². The Labute approximate surface area is 120 Å². The predicted molar refractivity (Wildman–Crippen MR) is 77.6 cm³/mol. The molecule has 1 unspecified atom stereocenters. The predicted octanol–water partition coefficient (Wildman–Crippen LogP) is 5.26. The fourth-order valence-corrected chi connectivity index (χ4v) is 2.69. The van der Waals surface area contributed by atoms with Crippen molar-refractivity contribution < 1.29 is 8.78 Å². The molecule has 19 heavy (non-hydrogen) atoms. The summed E-state index contributed by atoms with van der Waals surface area (Å²) >= 11 is 3.49. The van der Waals surface area contributed by atoms with Gasteiger partial charge < -0.3 is 0 Å². The number of hydrogen-bond donors (Lipinski definition) is 0. The Morgan fingerprint density at radius 1 is 1.00 bits per heavy atom. The Morgan fingerprint density at radius 3 is 2.26 bits per heavy atom. The Bertz CT molecular complexity index is 576. The van der Waals surface area contributed by atoms with Gasteiger partial charge in [-0.05, 0) is 37.5 Å². The largest absolute Gasteiger partial charge is 0.207 e. The lowest BCUT2D eigenvalue weighted by Gasteiger charge is -2.13. The molecular weight excluding hydrogens is 310 g/mol. The minimum atomic E-state index is -0.503. The molecule has 0 aliphatic rings. The lowest BCUT2D eigenvalue weighted by atomic mass is 10.0. The summed E-state index contributed by atoms with van der Waals surface area (Å²) in [6.45, 7) is 3.67. The van der Waals surface area contributed by atoms with Crippen LogP contribution in [0.4, 0.5) is 8.78 Å². The zero-order chi connectivity index (χ0) is 14.0. The molecule has 3 heteroatoms. The lowest BCUT2D eigenvalue weighted by Crippen LogP contribution is -2.01. The third-order valence-electron chi connectivity index (χ3n) is 3.15. The topological polar surface area (TPSA) is 0 Å². The molecule has 0 saturated carbocycles. The summed E-state index contributed by atoms with van der Waals surface area (Å²) in [7, 11) is 0. The first kappa shape index (κ1) is 14.2. The van der Waals surface area contributed by atoms with E-state index in [1.807, 2.05) is 31.2 Å². The first-order chi connectivity index (χ1) is 8.97. The SMILES string of the molecule is Cc1ccc(CC(Br)c2cc(C)c(F)cc2F)cc1. The molecule has 0 amide bonds. The van der Waals surface area contributed by atoms with Crippen LogP contribution in [0.15, 0.2) is 36.4 Å². The molecule has 0 heterocycles. The summed E-state index contributed by atoms with van der Waals surface area (Å²) in [5, 5.41) is 0. The van der Waals surface area contributed by atoms with Crippen molar-refractivity contribution in [3.8, 4) is 0 Å². The minimum absolute atomic E-state index is 0.158. The van der Waals surface area contributed by atoms with Gasteiger partial charge >= 0.3 is 0 Å². The van der Waals surface area contributed by atoms with Crippen LogP contribution in [0, 0.1) is 25.5 Å². The van der Waals surface area contributed by atoms with Gasteiger partial charge in [-0.15, -0.1) is 0 Å². The molecule has 0 spiro atoms. The minimum Gasteiger partial charge on any atom is -0.207 e. The van der Waals surface area contributed by atoms with Crippen LogP contribution in [0.5, 0.6) is 0 Å². The zero-order valence-electron chi connectivity index (χ0n) is 10.9. The van der Waals surface area contributed by atoms with Crippen LogP contribution in [0.2, 0.25) is 0 Å². The van der Waals surface area contributed by atoms with Gasteiger partial charge in [0.15, 0.2) is 0 Å². The number of halogens is 3. The Hall–Kier alpha value is -1.22. The van der Waals surface area contributed by atoms with Crippen LogP contribution >= 0.6 is 15.9 Å². The van der Waals surface area contributed by atoms with Crippen LogP contribution in [-0.2, 0) is 6.42 Å². The van der Waals surface area contributed by atoms with E-state index in [4.69, 9.17) is 0 Å². The smallest absolute Gasteiger partial charge is 0.130 e. The van der Waals surface area contributed by atoms with Gasteiger partial charge in [0.1, 0.15) is 11.6 Å². The summed E-state index contributed by atoms with van der Waals surface area (Å²) < 4.78 is 27.0. The van der Waals surface area contributed by atoms with E-state index in [1.165, 1.54) is 5.56 Å². The van der Waals surface area contributed by atoms with Crippen LogP contribution in [0.3, 0.4) is 0 Å². The molecule has 2 aromatic carbocycles. The maximum Gasteiger partial charge on any atom is 0.130 e. The lowest BCUT2D eigenvalue weighted by molar-refractivity contribution is 0.566. The normalized spacial score (nSPS) is 12.5. The highest BCUT2D eigenvalue weighted by atomic mass is 79.9. The van der Waals surface area contributed by atoms with Gasteiger partial charge in [-0.3, -0.25) is 0 Å². The van der Waals surface area contributed by atoms with E-state index in [9.17, 15) is 8.78 Å². The second-order valence-electron chi connectivity index (χ2n) is 4.78. The molecule has 2 rings (SSSR count). The Morgan fingerprint density at radius 2 is 1.63 bits per heavy atom. The third-order valence-corrected chi connectivity index (χ3v) is 3.97. The maximum atomic E-state index is 13.8. The molecule has 0 saturated heterocycles. The number of hydrogen-bond acceptors (Lipinski definition) is 0. The number of rotatable bonds is 3. The Balaban J connectivity index is 2.22. The molecule has 0 fully saturated rings. The van der Waals surface area contributed by atoms with E-state index < -0.39 is 11.6 Å². The van der Waals surface area contributed by atoms with Crippen molar-refractivity contribution in [3.63, 3.8) is 0 Å². The van der Waals surface area contributed by atoms with Crippen molar-refractivity contribution in [2.24, 2.45) is 0 Å². The van der Waals surface area contributed by atoms with Crippen LogP contribution in [0.1, 0.15) is 27.1 Å². The summed E-state index contributed by atoms with van der Waals surface area (Å²) in [5.41, 5.74) is 3.27. The van der Waals surface area contributed by atoms with E-state index in [2.05, 4.69) is 15.9 Å². The van der Waals surface area contributed by atoms with Crippen molar-refractivity contribution in [1.82, 2.24) is 0 Å². The maximum absolute atomic E-state index is 13.8. The zero-order valence-corrected chi connectivity index (χ0v) is 12.5. The molecule has 2 aromatic rings. The fraction of sp³-hybridized carbons (Fsp3) is 0.250. The first-order valence-corrected chi connectivity index (χ1v) is 7.04. The van der Waals surface area contributed by atoms with E-state index in [0.29, 0.717) is 17.5 Å². The van der Waals surface area contributed by atoms with Gasteiger partial charge in [-0.2, -0.15) is 0 Å². The second-order valence-corrected chi connectivity index (χ2v) is 5.89. The monoisotopic (exact) mass is 324 g/mol. The number of aryl methyl sites for hydroxylation is 2.